The van der Waals surface area contributed by atoms with Crippen LogP contribution in [0.1, 0.15) is 36.2 Å². The van der Waals surface area contributed by atoms with Crippen molar-refractivity contribution in [1.82, 2.24) is 5.32 Å². The van der Waals surface area contributed by atoms with Gasteiger partial charge in [-0.05, 0) is 25.0 Å². The van der Waals surface area contributed by atoms with Gasteiger partial charge in [-0.1, -0.05) is 6.92 Å². The standard InChI is InChI=1S/C14H16BF2NO5/c1-3-10(19)18-9-6-7-5-8(16)12(17)11(14(20)22-4-2)13(7)23-15(9)21/h5,9,21H,3-4,6H2,1-2H3,(H,18,19)/t9-/m0/s1. The minimum absolute atomic E-state index is 0.00809. The third kappa shape index (κ3) is 3.44. The summed E-state index contributed by atoms with van der Waals surface area (Å²) in [5.41, 5.74) is -0.528. The molecule has 2 rings (SSSR count). The second-order valence-corrected chi connectivity index (χ2v) is 5.00. The van der Waals surface area contributed by atoms with E-state index in [1.165, 1.54) is 6.92 Å². The molecule has 1 atom stereocenters. The van der Waals surface area contributed by atoms with Crippen LogP contribution >= 0.6 is 0 Å². The molecule has 1 heterocycles. The fraction of sp³-hybridized carbons (Fsp3) is 0.429. The van der Waals surface area contributed by atoms with Gasteiger partial charge in [0.15, 0.2) is 11.6 Å². The molecule has 1 amide bonds. The first kappa shape index (κ1) is 17.2. The molecule has 124 valence electrons. The first-order valence-electron chi connectivity index (χ1n) is 7.21. The number of fused-ring (bicyclic) bond motifs is 1. The Morgan fingerprint density at radius 2 is 2.17 bits per heavy atom. The molecule has 0 spiro atoms. The van der Waals surface area contributed by atoms with Gasteiger partial charge in [0.1, 0.15) is 11.3 Å². The maximum Gasteiger partial charge on any atom is 0.547 e. The van der Waals surface area contributed by atoms with E-state index >= 15 is 0 Å². The summed E-state index contributed by atoms with van der Waals surface area (Å²) in [5.74, 6) is -5.12. The summed E-state index contributed by atoms with van der Waals surface area (Å²) in [6, 6.07) is 0.879. The normalized spacial score (nSPS) is 16.4. The molecule has 0 radical (unpaired) electrons. The van der Waals surface area contributed by atoms with Crippen molar-refractivity contribution in [2.75, 3.05) is 6.61 Å². The molecule has 0 bridgehead atoms. The van der Waals surface area contributed by atoms with Gasteiger partial charge in [-0.25, -0.2) is 13.6 Å². The number of esters is 1. The predicted molar refractivity (Wildman–Crippen MR) is 76.8 cm³/mol. The summed E-state index contributed by atoms with van der Waals surface area (Å²) < 4.78 is 37.5. The average molecular weight is 327 g/mol. The Bertz CT molecular complexity index is 640. The number of hydrogen-bond donors (Lipinski definition) is 2. The Hall–Kier alpha value is -2.16. The van der Waals surface area contributed by atoms with Crippen molar-refractivity contribution in [2.24, 2.45) is 0 Å². The second kappa shape index (κ2) is 6.95. The van der Waals surface area contributed by atoms with E-state index in [4.69, 9.17) is 9.39 Å². The number of nitrogens with one attached hydrogen (secondary N) is 1. The maximum atomic E-state index is 13.9. The highest BCUT2D eigenvalue weighted by Gasteiger charge is 2.39. The average Bonchev–Trinajstić information content (AvgIpc) is 2.50. The Kier molecular flexibility index (Phi) is 5.20. The van der Waals surface area contributed by atoms with E-state index in [1.807, 2.05) is 0 Å². The number of hydrogen-bond acceptors (Lipinski definition) is 5. The number of carbonyl (C=O) groups is 2. The molecule has 23 heavy (non-hydrogen) atoms. The van der Waals surface area contributed by atoms with Gasteiger partial charge in [0, 0.05) is 6.42 Å². The zero-order valence-electron chi connectivity index (χ0n) is 12.7. The monoisotopic (exact) mass is 327 g/mol. The second-order valence-electron chi connectivity index (χ2n) is 5.00. The van der Waals surface area contributed by atoms with Crippen molar-refractivity contribution in [1.29, 1.82) is 0 Å². The number of benzene rings is 1. The van der Waals surface area contributed by atoms with Crippen LogP contribution in [0, 0.1) is 11.6 Å². The fourth-order valence-electron chi connectivity index (χ4n) is 2.31. The molecule has 2 N–H and O–H groups in total. The molecule has 9 heteroatoms. The number of carbonyl (C=O) groups excluding carboxylic acids is 2. The summed E-state index contributed by atoms with van der Waals surface area (Å²) in [7, 11) is -1.49. The van der Waals surface area contributed by atoms with Crippen LogP contribution in [0.3, 0.4) is 0 Å². The van der Waals surface area contributed by atoms with Crippen LogP contribution in [0.25, 0.3) is 0 Å². The molecular formula is C14H16BF2NO5. The number of amides is 1. The molecule has 0 unspecified atom stereocenters. The van der Waals surface area contributed by atoms with Crippen molar-refractivity contribution in [3.8, 4) is 5.75 Å². The highest BCUT2D eigenvalue weighted by Crippen LogP contribution is 2.34. The van der Waals surface area contributed by atoms with Gasteiger partial charge in [-0.3, -0.25) is 4.79 Å². The summed E-state index contributed by atoms with van der Waals surface area (Å²) in [6.45, 7) is 3.13. The molecule has 6 nitrogen and oxygen atoms in total. The number of ether oxygens (including phenoxy) is 1. The van der Waals surface area contributed by atoms with Gasteiger partial charge in [0.05, 0.1) is 12.5 Å². The first-order chi connectivity index (χ1) is 10.9. The lowest BCUT2D eigenvalue weighted by atomic mass is 9.72. The van der Waals surface area contributed by atoms with Crippen LogP contribution in [0.15, 0.2) is 6.07 Å². The molecule has 0 saturated heterocycles. The molecular weight excluding hydrogens is 311 g/mol. The third-order valence-electron chi connectivity index (χ3n) is 3.42. The van der Waals surface area contributed by atoms with Crippen molar-refractivity contribution in [3.05, 3.63) is 28.8 Å². The summed E-state index contributed by atoms with van der Waals surface area (Å²) in [4.78, 5) is 23.3. The van der Waals surface area contributed by atoms with Crippen LogP contribution in [0.4, 0.5) is 8.78 Å². The lowest BCUT2D eigenvalue weighted by molar-refractivity contribution is -0.121. The Labute approximate surface area is 131 Å². The van der Waals surface area contributed by atoms with E-state index in [1.54, 1.807) is 6.92 Å². The van der Waals surface area contributed by atoms with E-state index in [2.05, 4.69) is 5.32 Å². The first-order valence-corrected chi connectivity index (χ1v) is 7.21. The van der Waals surface area contributed by atoms with Crippen LogP contribution in [0.5, 0.6) is 5.75 Å². The molecule has 1 aromatic carbocycles. The summed E-state index contributed by atoms with van der Waals surface area (Å²) in [6.07, 6.45) is 0.188. The van der Waals surface area contributed by atoms with Crippen molar-refractivity contribution in [2.45, 2.75) is 32.6 Å². The van der Waals surface area contributed by atoms with Gasteiger partial charge in [0.2, 0.25) is 5.91 Å². The van der Waals surface area contributed by atoms with Crippen LogP contribution in [0.2, 0.25) is 0 Å². The maximum absolute atomic E-state index is 13.9. The van der Waals surface area contributed by atoms with Gasteiger partial charge < -0.3 is 19.7 Å². The highest BCUT2D eigenvalue weighted by molar-refractivity contribution is 6.47. The van der Waals surface area contributed by atoms with Crippen LogP contribution < -0.4 is 9.97 Å². The van der Waals surface area contributed by atoms with E-state index in [-0.39, 0.29) is 36.7 Å². The molecule has 1 aliphatic rings. The summed E-state index contributed by atoms with van der Waals surface area (Å²) in [5, 5.41) is 12.5. The zero-order valence-corrected chi connectivity index (χ0v) is 12.7. The highest BCUT2D eigenvalue weighted by atomic mass is 19.2. The quantitative estimate of drug-likeness (QED) is 0.636. The Balaban J connectivity index is 2.41. The lowest BCUT2D eigenvalue weighted by Gasteiger charge is -2.29. The number of halogens is 2. The molecule has 1 aliphatic heterocycles. The summed E-state index contributed by atoms with van der Waals surface area (Å²) >= 11 is 0. The molecule has 0 aliphatic carbocycles. The van der Waals surface area contributed by atoms with Gasteiger partial charge in [-0.2, -0.15) is 0 Å². The van der Waals surface area contributed by atoms with Gasteiger partial charge >= 0.3 is 13.1 Å². The smallest absolute Gasteiger partial charge is 0.534 e. The van der Waals surface area contributed by atoms with Crippen molar-refractivity contribution in [3.63, 3.8) is 0 Å². The Morgan fingerprint density at radius 1 is 1.48 bits per heavy atom. The fourth-order valence-corrected chi connectivity index (χ4v) is 2.31. The SMILES string of the molecule is CCOC(=O)c1c(F)c(F)cc2c1OB(O)[C@@H](NC(=O)CC)C2. The van der Waals surface area contributed by atoms with Crippen LogP contribution in [-0.4, -0.2) is 36.6 Å². The van der Waals surface area contributed by atoms with Gasteiger partial charge in [-0.15, -0.1) is 0 Å². The molecule has 1 aromatic rings. The number of rotatable bonds is 4. The zero-order chi connectivity index (χ0) is 17.1. The lowest BCUT2D eigenvalue weighted by Crippen LogP contribution is -2.53. The van der Waals surface area contributed by atoms with Gasteiger partial charge in [0.25, 0.3) is 0 Å². The van der Waals surface area contributed by atoms with Crippen LogP contribution in [-0.2, 0) is 16.0 Å². The van der Waals surface area contributed by atoms with E-state index in [9.17, 15) is 23.4 Å². The Morgan fingerprint density at radius 3 is 2.78 bits per heavy atom. The van der Waals surface area contributed by atoms with Crippen molar-refractivity contribution >= 4 is 19.0 Å². The van der Waals surface area contributed by atoms with E-state index < -0.39 is 36.2 Å². The topological polar surface area (TPSA) is 84.9 Å². The van der Waals surface area contributed by atoms with E-state index in [0.717, 1.165) is 6.07 Å². The third-order valence-corrected chi connectivity index (χ3v) is 3.42. The molecule has 0 aromatic heterocycles. The molecule has 0 fully saturated rings. The largest absolute Gasteiger partial charge is 0.547 e. The van der Waals surface area contributed by atoms with E-state index in [0.29, 0.717) is 0 Å². The van der Waals surface area contributed by atoms with Crippen molar-refractivity contribution < 1.29 is 32.8 Å². The minimum atomic E-state index is -1.49. The minimum Gasteiger partial charge on any atom is -0.534 e. The molecule has 0 saturated carbocycles. The predicted octanol–water partition coefficient (Wildman–Crippen LogP) is 0.991.